The molecule has 2 aromatic carbocycles. The number of esters is 1. The van der Waals surface area contributed by atoms with E-state index in [-0.39, 0.29) is 33.7 Å². The van der Waals surface area contributed by atoms with Crippen LogP contribution in [0.3, 0.4) is 0 Å². The molecule has 5 N–H and O–H groups in total. The number of hydrogen-bond acceptors (Lipinski definition) is 7. The van der Waals surface area contributed by atoms with Gasteiger partial charge in [0.2, 0.25) is 0 Å². The highest BCUT2D eigenvalue weighted by Gasteiger charge is 2.20. The number of aromatic nitrogens is 1. The van der Waals surface area contributed by atoms with Crippen LogP contribution in [0.5, 0.6) is 5.75 Å². The summed E-state index contributed by atoms with van der Waals surface area (Å²) in [6.07, 6.45) is 1.36. The van der Waals surface area contributed by atoms with E-state index in [0.29, 0.717) is 15.8 Å². The summed E-state index contributed by atoms with van der Waals surface area (Å²) in [5.41, 5.74) is 11.1. The number of anilines is 1. The first-order valence-corrected chi connectivity index (χ1v) is 10.5. The Balaban J connectivity index is 2.11. The van der Waals surface area contributed by atoms with Gasteiger partial charge in [-0.1, -0.05) is 17.7 Å². The first-order chi connectivity index (χ1) is 14.7. The fourth-order valence-electron chi connectivity index (χ4n) is 2.79. The number of nitrogens with zero attached hydrogens (tertiary/aromatic N) is 2. The molecule has 162 valence electrons. The zero-order valence-electron chi connectivity index (χ0n) is 16.4. The summed E-state index contributed by atoms with van der Waals surface area (Å²) in [6, 6.07) is 8.44. The topological polar surface area (TPSA) is 159 Å². The van der Waals surface area contributed by atoms with Crippen molar-refractivity contribution in [2.75, 3.05) is 18.9 Å². The molecule has 1 heterocycles. The predicted molar refractivity (Wildman–Crippen MR) is 117 cm³/mol. The zero-order chi connectivity index (χ0) is 22.8. The van der Waals surface area contributed by atoms with Gasteiger partial charge in [-0.3, -0.25) is 4.72 Å². The number of guanidine groups is 1. The monoisotopic (exact) mass is 463 g/mol. The molecule has 0 spiro atoms. The molecular weight excluding hydrogens is 446 g/mol. The number of pyridine rings is 1. The normalized spacial score (nSPS) is 11.1. The molecule has 10 nitrogen and oxygen atoms in total. The molecule has 0 saturated heterocycles. The fraction of sp³-hybridized carbons (Fsp3) is 0.105. The molecule has 3 rings (SSSR count). The number of halogens is 1. The molecule has 0 amide bonds. The van der Waals surface area contributed by atoms with Crippen molar-refractivity contribution < 1.29 is 22.7 Å². The Morgan fingerprint density at radius 3 is 2.52 bits per heavy atom. The maximum absolute atomic E-state index is 13.1. The van der Waals surface area contributed by atoms with Gasteiger partial charge >= 0.3 is 5.97 Å². The first-order valence-electron chi connectivity index (χ1n) is 8.63. The van der Waals surface area contributed by atoms with Crippen molar-refractivity contribution in [1.29, 1.82) is 0 Å². The van der Waals surface area contributed by atoms with Gasteiger partial charge in [0.15, 0.2) is 11.8 Å². The van der Waals surface area contributed by atoms with E-state index in [2.05, 4.69) is 19.4 Å². The number of methoxy groups -OCH3 is 2. The molecule has 0 saturated carbocycles. The number of aliphatic imine (C=N–C) groups is 1. The second-order valence-corrected chi connectivity index (χ2v) is 8.28. The molecular formula is C19H18ClN5O5S. The van der Waals surface area contributed by atoms with Crippen molar-refractivity contribution in [2.45, 2.75) is 4.90 Å². The van der Waals surface area contributed by atoms with Gasteiger partial charge in [0.25, 0.3) is 10.0 Å². The minimum atomic E-state index is -4.11. The average Bonchev–Trinajstić information content (AvgIpc) is 2.74. The van der Waals surface area contributed by atoms with Gasteiger partial charge in [-0.25, -0.2) is 18.2 Å². The van der Waals surface area contributed by atoms with Gasteiger partial charge in [-0.2, -0.15) is 4.99 Å². The molecule has 0 radical (unpaired) electrons. The zero-order valence-corrected chi connectivity index (χ0v) is 18.0. The van der Waals surface area contributed by atoms with Crippen molar-refractivity contribution in [2.24, 2.45) is 16.5 Å². The van der Waals surface area contributed by atoms with Gasteiger partial charge in [-0.05, 0) is 30.3 Å². The van der Waals surface area contributed by atoms with Gasteiger partial charge in [0.05, 0.1) is 35.4 Å². The predicted octanol–water partition coefficient (Wildman–Crippen LogP) is 2.39. The van der Waals surface area contributed by atoms with Crippen molar-refractivity contribution in [3.05, 3.63) is 53.2 Å². The van der Waals surface area contributed by atoms with E-state index in [1.165, 1.54) is 56.8 Å². The third-order valence-corrected chi connectivity index (χ3v) is 5.86. The van der Waals surface area contributed by atoms with E-state index in [1.807, 2.05) is 0 Å². The lowest BCUT2D eigenvalue weighted by Gasteiger charge is -2.14. The molecule has 0 atom stereocenters. The highest BCUT2D eigenvalue weighted by Crippen LogP contribution is 2.33. The van der Waals surface area contributed by atoms with E-state index < -0.39 is 16.0 Å². The summed E-state index contributed by atoms with van der Waals surface area (Å²) < 4.78 is 38.4. The summed E-state index contributed by atoms with van der Waals surface area (Å²) in [6.45, 7) is 0. The summed E-state index contributed by atoms with van der Waals surface area (Å²) in [7, 11) is -1.52. The Morgan fingerprint density at radius 2 is 1.87 bits per heavy atom. The maximum Gasteiger partial charge on any atom is 0.337 e. The van der Waals surface area contributed by atoms with E-state index in [9.17, 15) is 13.2 Å². The van der Waals surface area contributed by atoms with E-state index in [4.69, 9.17) is 27.8 Å². The lowest BCUT2D eigenvalue weighted by atomic mass is 10.1. The molecule has 0 unspecified atom stereocenters. The summed E-state index contributed by atoms with van der Waals surface area (Å²) in [5, 5.41) is 1.15. The SMILES string of the molecule is COC(=O)c1ccc(OC)c(NS(=O)(=O)c2ccc3c(Cl)cnc(N=C(N)N)c3c2)c1. The van der Waals surface area contributed by atoms with Crippen LogP contribution >= 0.6 is 11.6 Å². The van der Waals surface area contributed by atoms with Crippen molar-refractivity contribution >= 4 is 55.8 Å². The molecule has 0 aliphatic carbocycles. The number of carbonyl (C=O) groups is 1. The Kier molecular flexibility index (Phi) is 6.18. The number of sulfonamides is 1. The van der Waals surface area contributed by atoms with E-state index in [1.54, 1.807) is 0 Å². The van der Waals surface area contributed by atoms with Crippen LogP contribution in [0.4, 0.5) is 11.5 Å². The molecule has 0 fully saturated rings. The minimum Gasteiger partial charge on any atom is -0.495 e. The summed E-state index contributed by atoms with van der Waals surface area (Å²) >= 11 is 6.16. The Bertz CT molecular complexity index is 1310. The number of nitrogens with two attached hydrogens (primary N) is 2. The number of benzene rings is 2. The highest BCUT2D eigenvalue weighted by molar-refractivity contribution is 7.92. The lowest BCUT2D eigenvalue weighted by molar-refractivity contribution is 0.0600. The van der Waals surface area contributed by atoms with Gasteiger partial charge in [-0.15, -0.1) is 0 Å². The maximum atomic E-state index is 13.1. The van der Waals surface area contributed by atoms with Crippen LogP contribution < -0.4 is 20.9 Å². The van der Waals surface area contributed by atoms with Crippen LogP contribution in [-0.4, -0.2) is 39.6 Å². The van der Waals surface area contributed by atoms with Crippen molar-refractivity contribution in [3.8, 4) is 5.75 Å². The van der Waals surface area contributed by atoms with Crippen LogP contribution in [0.2, 0.25) is 5.02 Å². The number of rotatable bonds is 6. The summed E-state index contributed by atoms with van der Waals surface area (Å²) in [5.74, 6) is -0.548. The molecule has 0 aliphatic rings. The Hall–Kier alpha value is -3.57. The van der Waals surface area contributed by atoms with Crippen molar-refractivity contribution in [3.63, 3.8) is 0 Å². The third kappa shape index (κ3) is 4.62. The average molecular weight is 464 g/mol. The number of hydrogen-bond donors (Lipinski definition) is 3. The molecule has 31 heavy (non-hydrogen) atoms. The van der Waals surface area contributed by atoms with Crippen LogP contribution in [0.25, 0.3) is 10.8 Å². The standard InChI is InChI=1S/C19H18ClN5O5S/c1-29-16-6-3-10(18(26)30-2)7-15(16)25-31(27,28)11-4-5-12-13(8-11)17(24-19(21)22)23-9-14(12)20/h3-9,25H,1-2H3,(H4,21,22,23,24). The first kappa shape index (κ1) is 22.1. The molecule has 3 aromatic rings. The number of fused-ring (bicyclic) bond motifs is 1. The quantitative estimate of drug-likeness (QED) is 0.285. The minimum absolute atomic E-state index is 0.0548. The lowest BCUT2D eigenvalue weighted by Crippen LogP contribution is -2.22. The third-order valence-electron chi connectivity index (χ3n) is 4.20. The second kappa shape index (κ2) is 8.66. The van der Waals surface area contributed by atoms with Gasteiger partial charge < -0.3 is 20.9 Å². The van der Waals surface area contributed by atoms with E-state index in [0.717, 1.165) is 0 Å². The fourth-order valence-corrected chi connectivity index (χ4v) is 4.09. The second-order valence-electron chi connectivity index (χ2n) is 6.19. The largest absolute Gasteiger partial charge is 0.495 e. The Labute approximate surface area is 182 Å². The van der Waals surface area contributed by atoms with Crippen molar-refractivity contribution in [1.82, 2.24) is 4.98 Å². The number of ether oxygens (including phenoxy) is 2. The van der Waals surface area contributed by atoms with Gasteiger partial charge in [0, 0.05) is 17.0 Å². The number of nitrogens with one attached hydrogen (secondary N) is 1. The van der Waals surface area contributed by atoms with Crippen LogP contribution in [0.1, 0.15) is 10.4 Å². The molecule has 0 aliphatic heterocycles. The summed E-state index contributed by atoms with van der Waals surface area (Å²) in [4.78, 5) is 19.7. The van der Waals surface area contributed by atoms with Gasteiger partial charge in [0.1, 0.15) is 5.75 Å². The van der Waals surface area contributed by atoms with Crippen LogP contribution in [0.15, 0.2) is 52.5 Å². The van der Waals surface area contributed by atoms with Crippen LogP contribution in [-0.2, 0) is 14.8 Å². The molecule has 0 bridgehead atoms. The molecule has 12 heteroatoms. The van der Waals surface area contributed by atoms with Crippen LogP contribution in [0, 0.1) is 0 Å². The highest BCUT2D eigenvalue weighted by atomic mass is 35.5. The molecule has 1 aromatic heterocycles. The Morgan fingerprint density at radius 1 is 1.13 bits per heavy atom. The van der Waals surface area contributed by atoms with E-state index >= 15 is 0 Å². The smallest absolute Gasteiger partial charge is 0.337 e. The number of carbonyl (C=O) groups excluding carboxylic acids is 1.